The van der Waals surface area contributed by atoms with E-state index in [2.05, 4.69) is 11.3 Å². The number of likely N-dealkylation sites (N-methyl/N-ethyl adjacent to an activating group) is 1. The van der Waals surface area contributed by atoms with E-state index in [1.807, 2.05) is 11.9 Å². The van der Waals surface area contributed by atoms with Gasteiger partial charge in [-0.1, -0.05) is 6.92 Å². The van der Waals surface area contributed by atoms with E-state index in [-0.39, 0.29) is 11.7 Å². The van der Waals surface area contributed by atoms with Gasteiger partial charge in [0, 0.05) is 25.8 Å². The Balaban J connectivity index is 1.72. The van der Waals surface area contributed by atoms with E-state index < -0.39 is 10.0 Å². The molecule has 1 saturated carbocycles. The minimum absolute atomic E-state index is 0.00622. The van der Waals surface area contributed by atoms with Crippen LogP contribution < -0.4 is 0 Å². The number of amidine groups is 1. The monoisotopic (exact) mass is 337 g/mol. The number of hydrogen-bond acceptors (Lipinski definition) is 4. The molecule has 0 aromatic carbocycles. The second kappa shape index (κ2) is 6.11. The van der Waals surface area contributed by atoms with Crippen LogP contribution in [0.3, 0.4) is 0 Å². The number of fused-ring (bicyclic) bond motifs is 1. The molecule has 0 aromatic rings. The van der Waals surface area contributed by atoms with Crippen LogP contribution in [0.2, 0.25) is 0 Å². The van der Waals surface area contributed by atoms with Crippen molar-refractivity contribution in [1.29, 1.82) is 0 Å². The van der Waals surface area contributed by atoms with Crippen molar-refractivity contribution in [3.8, 4) is 0 Å². The van der Waals surface area contributed by atoms with Gasteiger partial charge >= 0.3 is 0 Å². The maximum atomic E-state index is 12.7. The van der Waals surface area contributed by atoms with Crippen molar-refractivity contribution in [2.24, 2.45) is 10.3 Å². The standard InChI is InChI=1S/C16H23N3O3S/c1-12-3-6-14(7-4-12)18(2)16(20)13-5-8-15-17-23(21,22)10-9-19(15)11-13/h5,8,11-12,14H,3-4,6-7,9-10H2,1-2H3. The summed E-state index contributed by atoms with van der Waals surface area (Å²) in [5.74, 6) is 1.12. The molecule has 0 N–H and O–H groups in total. The maximum absolute atomic E-state index is 12.7. The van der Waals surface area contributed by atoms with Crippen molar-refractivity contribution in [3.63, 3.8) is 0 Å². The lowest BCUT2D eigenvalue weighted by Crippen LogP contribution is -2.42. The summed E-state index contributed by atoms with van der Waals surface area (Å²) in [5.41, 5.74) is 0.587. The Hall–Kier alpha value is -1.63. The summed E-state index contributed by atoms with van der Waals surface area (Å²) >= 11 is 0. The lowest BCUT2D eigenvalue weighted by atomic mass is 9.86. The lowest BCUT2D eigenvalue weighted by molar-refractivity contribution is -0.128. The molecule has 7 heteroatoms. The Bertz CT molecular complexity index is 685. The average Bonchev–Trinajstić information content (AvgIpc) is 2.53. The molecular weight excluding hydrogens is 314 g/mol. The molecule has 6 nitrogen and oxygen atoms in total. The van der Waals surface area contributed by atoms with Crippen LogP contribution in [0.25, 0.3) is 0 Å². The number of rotatable bonds is 2. The third-order valence-corrected chi connectivity index (χ3v) is 6.09. The number of hydrogen-bond donors (Lipinski definition) is 0. The largest absolute Gasteiger partial charge is 0.339 e. The van der Waals surface area contributed by atoms with Crippen LogP contribution in [0.5, 0.6) is 0 Å². The molecule has 0 saturated heterocycles. The molecule has 0 atom stereocenters. The van der Waals surface area contributed by atoms with Crippen LogP contribution >= 0.6 is 0 Å². The molecule has 1 aliphatic carbocycles. The molecule has 0 radical (unpaired) electrons. The molecule has 2 aliphatic heterocycles. The first-order valence-electron chi connectivity index (χ1n) is 8.12. The van der Waals surface area contributed by atoms with Crippen molar-refractivity contribution in [1.82, 2.24) is 9.80 Å². The fraction of sp³-hybridized carbons (Fsp3) is 0.625. The van der Waals surface area contributed by atoms with Crippen molar-refractivity contribution >= 4 is 21.8 Å². The summed E-state index contributed by atoms with van der Waals surface area (Å²) in [6, 6.07) is 0.296. The predicted octanol–water partition coefficient (Wildman–Crippen LogP) is 1.52. The highest BCUT2D eigenvalue weighted by atomic mass is 32.2. The fourth-order valence-electron chi connectivity index (χ4n) is 3.33. The highest BCUT2D eigenvalue weighted by Crippen LogP contribution is 2.27. The third kappa shape index (κ3) is 3.49. The topological polar surface area (TPSA) is 70.1 Å². The number of carbonyl (C=O) groups is 1. The highest BCUT2D eigenvalue weighted by Gasteiger charge is 2.29. The number of nitrogens with zero attached hydrogens (tertiary/aromatic N) is 3. The molecule has 0 unspecified atom stereocenters. The fourth-order valence-corrected chi connectivity index (χ4v) is 4.30. The Labute approximate surface area is 137 Å². The first-order chi connectivity index (χ1) is 10.9. The molecule has 3 aliphatic rings. The molecule has 1 amide bonds. The quantitative estimate of drug-likeness (QED) is 0.766. The van der Waals surface area contributed by atoms with Gasteiger partial charge in [-0.05, 0) is 43.8 Å². The van der Waals surface area contributed by atoms with E-state index in [0.717, 1.165) is 31.6 Å². The summed E-state index contributed by atoms with van der Waals surface area (Å²) < 4.78 is 26.8. The number of sulfonamides is 1. The molecule has 0 bridgehead atoms. The van der Waals surface area contributed by atoms with E-state index in [9.17, 15) is 13.2 Å². The smallest absolute Gasteiger partial charge is 0.256 e. The molecule has 0 aromatic heterocycles. The van der Waals surface area contributed by atoms with E-state index >= 15 is 0 Å². The molecule has 2 heterocycles. The zero-order valence-electron chi connectivity index (χ0n) is 13.6. The van der Waals surface area contributed by atoms with Gasteiger partial charge in [-0.15, -0.1) is 4.40 Å². The van der Waals surface area contributed by atoms with Gasteiger partial charge in [-0.3, -0.25) is 4.79 Å². The Morgan fingerprint density at radius 3 is 2.65 bits per heavy atom. The van der Waals surface area contributed by atoms with Crippen molar-refractivity contribution in [2.75, 3.05) is 19.3 Å². The van der Waals surface area contributed by atoms with Crippen molar-refractivity contribution < 1.29 is 13.2 Å². The molecule has 3 rings (SSSR count). The van der Waals surface area contributed by atoms with Gasteiger partial charge in [0.1, 0.15) is 5.84 Å². The number of carbonyl (C=O) groups excluding carboxylic acids is 1. The van der Waals surface area contributed by atoms with Gasteiger partial charge in [0.05, 0.1) is 11.3 Å². The average molecular weight is 337 g/mol. The third-order valence-electron chi connectivity index (χ3n) is 4.92. The van der Waals surface area contributed by atoms with E-state index in [1.54, 1.807) is 23.3 Å². The van der Waals surface area contributed by atoms with Crippen molar-refractivity contribution in [2.45, 2.75) is 38.6 Å². The van der Waals surface area contributed by atoms with E-state index in [0.29, 0.717) is 24.0 Å². The Kier molecular flexibility index (Phi) is 4.31. The second-order valence-corrected chi connectivity index (χ2v) is 8.43. The molecule has 1 fully saturated rings. The minimum Gasteiger partial charge on any atom is -0.339 e. The zero-order valence-corrected chi connectivity index (χ0v) is 14.4. The van der Waals surface area contributed by atoms with Crippen LogP contribution in [0.4, 0.5) is 0 Å². The van der Waals surface area contributed by atoms with Gasteiger partial charge in [0.25, 0.3) is 15.9 Å². The van der Waals surface area contributed by atoms with Gasteiger partial charge in [-0.25, -0.2) is 8.42 Å². The highest BCUT2D eigenvalue weighted by molar-refractivity contribution is 7.90. The Morgan fingerprint density at radius 2 is 1.96 bits per heavy atom. The van der Waals surface area contributed by atoms with Crippen molar-refractivity contribution in [3.05, 3.63) is 23.9 Å². The summed E-state index contributed by atoms with van der Waals surface area (Å²) in [5, 5.41) is 0. The second-order valence-electron chi connectivity index (χ2n) is 6.68. The van der Waals surface area contributed by atoms with Crippen LogP contribution in [-0.2, 0) is 14.8 Å². The summed E-state index contributed by atoms with van der Waals surface area (Å²) in [6.07, 6.45) is 9.43. The van der Waals surface area contributed by atoms with Crippen LogP contribution in [0, 0.1) is 5.92 Å². The number of amides is 1. The predicted molar refractivity (Wildman–Crippen MR) is 89.3 cm³/mol. The van der Waals surface area contributed by atoms with Crippen LogP contribution in [0.15, 0.2) is 28.3 Å². The molecule has 126 valence electrons. The summed E-state index contributed by atoms with van der Waals surface area (Å²) in [4.78, 5) is 16.3. The lowest BCUT2D eigenvalue weighted by Gasteiger charge is -2.35. The minimum atomic E-state index is -3.36. The van der Waals surface area contributed by atoms with E-state index in [1.165, 1.54) is 0 Å². The van der Waals surface area contributed by atoms with E-state index in [4.69, 9.17) is 0 Å². The SMILES string of the molecule is CC1CCC(N(C)C(=O)C2=CN3CCS(=O)(=O)N=C3C=C2)CC1. The van der Waals surface area contributed by atoms with Gasteiger partial charge in [-0.2, -0.15) is 0 Å². The zero-order chi connectivity index (χ0) is 16.6. The molecular formula is C16H23N3O3S. The van der Waals surface area contributed by atoms with Crippen LogP contribution in [-0.4, -0.2) is 55.3 Å². The molecule has 23 heavy (non-hydrogen) atoms. The van der Waals surface area contributed by atoms with Gasteiger partial charge in [0.15, 0.2) is 0 Å². The summed E-state index contributed by atoms with van der Waals surface area (Å²) in [7, 11) is -1.50. The first-order valence-corrected chi connectivity index (χ1v) is 9.73. The normalized spacial score (nSPS) is 29.4. The summed E-state index contributed by atoms with van der Waals surface area (Å²) in [6.45, 7) is 2.60. The van der Waals surface area contributed by atoms with Gasteiger partial charge < -0.3 is 9.80 Å². The van der Waals surface area contributed by atoms with Gasteiger partial charge in [0.2, 0.25) is 0 Å². The first kappa shape index (κ1) is 16.2. The maximum Gasteiger partial charge on any atom is 0.256 e. The molecule has 0 spiro atoms. The van der Waals surface area contributed by atoms with Crippen LogP contribution in [0.1, 0.15) is 32.6 Å². The Morgan fingerprint density at radius 1 is 1.26 bits per heavy atom.